The van der Waals surface area contributed by atoms with Crippen LogP contribution in [0.15, 0.2) is 35.1 Å². The number of hydrogen-bond donors (Lipinski definition) is 5. The lowest BCUT2D eigenvalue weighted by Gasteiger charge is -2.13. The number of imidazole rings is 1. The Balaban J connectivity index is 0.000000289. The molecule has 4 aliphatic heterocycles. The number of nitrogens with one attached hydrogen (secondary N) is 1. The molecule has 0 amide bonds. The SMILES string of the molecule is CCCn1c2nc([C@H]3CCCO3)nc-2c2n(c1=O)CC(Cc1ccccc1)N2.O=C(O)C(O)C(O)C(=O)O. The Morgan fingerprint density at radius 3 is 2.39 bits per heavy atom. The molecule has 0 aromatic heterocycles. The summed E-state index contributed by atoms with van der Waals surface area (Å²) < 4.78 is 9.39. The van der Waals surface area contributed by atoms with Gasteiger partial charge in [0, 0.05) is 25.7 Å². The van der Waals surface area contributed by atoms with Gasteiger partial charge in [-0.15, -0.1) is 0 Å². The Hall–Kier alpha value is -3.81. The molecule has 0 bridgehead atoms. The van der Waals surface area contributed by atoms with Gasteiger partial charge in [-0.25, -0.2) is 24.4 Å². The summed E-state index contributed by atoms with van der Waals surface area (Å²) in [5.74, 6) is -1.36. The predicted octanol–water partition coefficient (Wildman–Crippen LogP) is 0.720. The molecule has 1 fully saturated rings. The van der Waals surface area contributed by atoms with E-state index in [9.17, 15) is 14.4 Å². The molecule has 204 valence electrons. The van der Waals surface area contributed by atoms with Gasteiger partial charge >= 0.3 is 17.6 Å². The number of fused-ring (bicyclic) bond motifs is 3. The van der Waals surface area contributed by atoms with E-state index in [4.69, 9.17) is 35.1 Å². The largest absolute Gasteiger partial charge is 0.479 e. The number of aliphatic hydroxyl groups is 2. The maximum Gasteiger partial charge on any atom is 0.335 e. The van der Waals surface area contributed by atoms with Gasteiger partial charge in [0.1, 0.15) is 17.6 Å². The summed E-state index contributed by atoms with van der Waals surface area (Å²) in [5, 5.41) is 36.1. The van der Waals surface area contributed by atoms with Crippen LogP contribution in [0.25, 0.3) is 11.5 Å². The molecular formula is C25H31N5O8. The van der Waals surface area contributed by atoms with Gasteiger partial charge in [0.05, 0.1) is 0 Å². The van der Waals surface area contributed by atoms with Crippen molar-refractivity contribution in [3.05, 3.63) is 52.2 Å². The highest BCUT2D eigenvalue weighted by molar-refractivity contribution is 5.83. The van der Waals surface area contributed by atoms with Crippen LogP contribution in [0.5, 0.6) is 0 Å². The Kier molecular flexibility index (Phi) is 8.39. The van der Waals surface area contributed by atoms with Gasteiger partial charge in [0.25, 0.3) is 0 Å². The molecule has 0 saturated carbocycles. The first-order valence-corrected chi connectivity index (χ1v) is 12.5. The average molecular weight is 530 g/mol. The third-order valence-electron chi connectivity index (χ3n) is 6.41. The van der Waals surface area contributed by atoms with Gasteiger partial charge < -0.3 is 30.5 Å². The van der Waals surface area contributed by atoms with Crippen LogP contribution in [0.4, 0.5) is 5.82 Å². The monoisotopic (exact) mass is 529 g/mol. The second-order valence-corrected chi connectivity index (χ2v) is 9.25. The molecule has 13 nitrogen and oxygen atoms in total. The number of aliphatic hydroxyl groups excluding tert-OH is 2. The minimum absolute atomic E-state index is 0.00815. The number of aliphatic carboxylic acids is 2. The van der Waals surface area contributed by atoms with Crippen molar-refractivity contribution in [3.8, 4) is 11.5 Å². The van der Waals surface area contributed by atoms with E-state index >= 15 is 0 Å². The fourth-order valence-electron chi connectivity index (χ4n) is 4.57. The van der Waals surface area contributed by atoms with Crippen molar-refractivity contribution < 1.29 is 34.8 Å². The van der Waals surface area contributed by atoms with Crippen molar-refractivity contribution >= 4 is 17.8 Å². The number of carboxylic acids is 2. The number of ether oxygens (including phenoxy) is 1. The zero-order chi connectivity index (χ0) is 27.4. The molecule has 0 radical (unpaired) electrons. The molecule has 4 aliphatic rings. The summed E-state index contributed by atoms with van der Waals surface area (Å²) in [6, 6.07) is 10.5. The van der Waals surface area contributed by atoms with Crippen LogP contribution in [0.1, 0.15) is 43.7 Å². The predicted molar refractivity (Wildman–Crippen MR) is 134 cm³/mol. The minimum Gasteiger partial charge on any atom is -0.479 e. The topological polar surface area (TPSA) is 189 Å². The quantitative estimate of drug-likeness (QED) is 0.276. The van der Waals surface area contributed by atoms with Gasteiger partial charge in [0.2, 0.25) is 0 Å². The molecule has 0 spiro atoms. The van der Waals surface area contributed by atoms with E-state index in [0.29, 0.717) is 24.7 Å². The van der Waals surface area contributed by atoms with E-state index in [1.54, 1.807) is 4.57 Å². The lowest BCUT2D eigenvalue weighted by molar-refractivity contribution is -0.165. The second kappa shape index (κ2) is 11.7. The van der Waals surface area contributed by atoms with Gasteiger partial charge in [-0.2, -0.15) is 0 Å². The van der Waals surface area contributed by atoms with E-state index < -0.39 is 24.1 Å². The van der Waals surface area contributed by atoms with Crippen molar-refractivity contribution in [1.82, 2.24) is 19.1 Å². The number of anilines is 1. The number of rotatable bonds is 8. The van der Waals surface area contributed by atoms with Crippen LogP contribution >= 0.6 is 0 Å². The van der Waals surface area contributed by atoms with E-state index in [0.717, 1.165) is 43.8 Å². The van der Waals surface area contributed by atoms with Crippen LogP contribution < -0.4 is 11.0 Å². The highest BCUT2D eigenvalue weighted by Crippen LogP contribution is 2.35. The maximum absolute atomic E-state index is 13.2. The van der Waals surface area contributed by atoms with Crippen molar-refractivity contribution in [2.75, 3.05) is 11.9 Å². The standard InChI is InChI=1S/C21H25N5O2.C4H6O6/c1-2-10-25-20-17(23-18(24-20)16-9-6-11-28-16)19-22-15(13-26(19)21(25)27)12-14-7-4-3-5-8-14;5-1(3(7)8)2(6)4(9)10/h3-5,7-8,15-16,22H,2,6,9-13H2,1H3;1-2,5-6H,(H,7,8)(H,9,10)/t15?,16-;/m1./s1. The summed E-state index contributed by atoms with van der Waals surface area (Å²) in [4.78, 5) is 42.3. The molecule has 4 heterocycles. The zero-order valence-corrected chi connectivity index (χ0v) is 20.9. The summed E-state index contributed by atoms with van der Waals surface area (Å²) in [6.45, 7) is 4.11. The lowest BCUT2D eigenvalue weighted by atomic mass is 10.1. The fraction of sp³-hybridized carbons (Fsp3) is 0.480. The highest BCUT2D eigenvalue weighted by atomic mass is 16.5. The van der Waals surface area contributed by atoms with E-state index in [1.165, 1.54) is 5.56 Å². The molecule has 5 rings (SSSR count). The lowest BCUT2D eigenvalue weighted by Crippen LogP contribution is -2.39. The molecule has 1 saturated heterocycles. The van der Waals surface area contributed by atoms with Gasteiger partial charge in [-0.3, -0.25) is 9.13 Å². The van der Waals surface area contributed by atoms with Crippen molar-refractivity contribution in [1.29, 1.82) is 0 Å². The smallest absolute Gasteiger partial charge is 0.335 e. The van der Waals surface area contributed by atoms with Crippen LogP contribution in [0, 0.1) is 0 Å². The molecule has 0 aliphatic carbocycles. The van der Waals surface area contributed by atoms with Crippen LogP contribution in [-0.2, 0) is 33.8 Å². The minimum atomic E-state index is -2.27. The number of benzene rings is 1. The zero-order valence-electron chi connectivity index (χ0n) is 20.9. The van der Waals surface area contributed by atoms with Gasteiger partial charge in [-0.1, -0.05) is 37.3 Å². The Bertz CT molecular complexity index is 1280. The molecule has 38 heavy (non-hydrogen) atoms. The molecule has 13 heteroatoms. The number of hydrogen-bond acceptors (Lipinski definition) is 9. The normalized spacial score (nSPS) is 19.8. The van der Waals surface area contributed by atoms with Crippen LogP contribution in [-0.4, -0.2) is 76.3 Å². The van der Waals surface area contributed by atoms with Crippen molar-refractivity contribution in [2.45, 2.75) is 70.1 Å². The first-order valence-electron chi connectivity index (χ1n) is 12.5. The molecular weight excluding hydrogens is 498 g/mol. The summed E-state index contributed by atoms with van der Waals surface area (Å²) >= 11 is 0. The highest BCUT2D eigenvalue weighted by Gasteiger charge is 2.33. The third-order valence-corrected chi connectivity index (χ3v) is 6.41. The first-order chi connectivity index (χ1) is 18.2. The first kappa shape index (κ1) is 27.2. The van der Waals surface area contributed by atoms with E-state index in [2.05, 4.69) is 24.4 Å². The van der Waals surface area contributed by atoms with Crippen LogP contribution in [0.3, 0.4) is 0 Å². The fourth-order valence-corrected chi connectivity index (χ4v) is 4.57. The Labute approximate surface area is 217 Å². The number of aromatic nitrogens is 4. The molecule has 1 aromatic rings. The molecule has 4 atom stereocenters. The van der Waals surface area contributed by atoms with E-state index in [1.807, 2.05) is 22.8 Å². The van der Waals surface area contributed by atoms with Crippen molar-refractivity contribution in [2.24, 2.45) is 0 Å². The average Bonchev–Trinajstić information content (AvgIpc) is 3.66. The van der Waals surface area contributed by atoms with Crippen LogP contribution in [0.2, 0.25) is 0 Å². The summed E-state index contributed by atoms with van der Waals surface area (Å²) in [6.07, 6.45) is -0.883. The summed E-state index contributed by atoms with van der Waals surface area (Å²) in [5.41, 5.74) is 2.03. The van der Waals surface area contributed by atoms with Crippen molar-refractivity contribution in [3.63, 3.8) is 0 Å². The number of nitrogens with zero attached hydrogens (tertiary/aromatic N) is 4. The molecule has 5 N–H and O–H groups in total. The molecule has 3 unspecified atom stereocenters. The summed E-state index contributed by atoms with van der Waals surface area (Å²) in [7, 11) is 0. The number of carbonyl (C=O) groups is 2. The second-order valence-electron chi connectivity index (χ2n) is 9.25. The third kappa shape index (κ3) is 5.69. The van der Waals surface area contributed by atoms with E-state index in [-0.39, 0.29) is 17.8 Å². The number of carboxylic acid groups (broad SMARTS) is 2. The Morgan fingerprint density at radius 2 is 1.82 bits per heavy atom. The van der Waals surface area contributed by atoms with Gasteiger partial charge in [0.15, 0.2) is 23.9 Å². The van der Waals surface area contributed by atoms with Gasteiger partial charge in [-0.05, 0) is 31.2 Å². The Morgan fingerprint density at radius 1 is 1.13 bits per heavy atom. The molecule has 1 aromatic carbocycles. The maximum atomic E-state index is 13.2.